The third-order valence-corrected chi connectivity index (χ3v) is 4.35. The molecule has 0 fully saturated rings. The molecule has 0 amide bonds. The summed E-state index contributed by atoms with van der Waals surface area (Å²) < 4.78 is 24.1. The molecule has 2 nitrogen and oxygen atoms in total. The van der Waals surface area contributed by atoms with Crippen molar-refractivity contribution in [3.63, 3.8) is 0 Å². The van der Waals surface area contributed by atoms with Crippen molar-refractivity contribution in [2.45, 2.75) is 4.83 Å². The summed E-state index contributed by atoms with van der Waals surface area (Å²) in [6.07, 6.45) is 0. The average Bonchev–Trinajstić information content (AvgIpc) is 2.48. The van der Waals surface area contributed by atoms with Crippen LogP contribution < -0.4 is 9.47 Å². The molecule has 0 aromatic heterocycles. The monoisotopic (exact) mass is 358 g/mol. The first-order valence-electron chi connectivity index (χ1n) is 5.88. The topological polar surface area (TPSA) is 18.5 Å². The van der Waals surface area contributed by atoms with E-state index in [-0.39, 0.29) is 9.85 Å². The summed E-state index contributed by atoms with van der Waals surface area (Å²) in [4.78, 5) is -0.272. The second-order valence-electron chi connectivity index (χ2n) is 4.11. The molecular formula is C15H13BrClFO2. The lowest BCUT2D eigenvalue weighted by atomic mass is 10.0. The van der Waals surface area contributed by atoms with Gasteiger partial charge in [0.2, 0.25) is 0 Å². The first-order chi connectivity index (χ1) is 9.58. The normalized spacial score (nSPS) is 12.1. The Morgan fingerprint density at radius 2 is 1.85 bits per heavy atom. The van der Waals surface area contributed by atoms with Gasteiger partial charge in [-0.3, -0.25) is 0 Å². The minimum absolute atomic E-state index is 0.104. The molecule has 106 valence electrons. The molecule has 1 atom stereocenters. The van der Waals surface area contributed by atoms with Crippen LogP contribution in [0.15, 0.2) is 36.4 Å². The molecule has 1 unspecified atom stereocenters. The zero-order chi connectivity index (χ0) is 14.7. The Morgan fingerprint density at radius 1 is 1.10 bits per heavy atom. The van der Waals surface area contributed by atoms with Crippen molar-refractivity contribution >= 4 is 27.5 Å². The smallest absolute Gasteiger partial charge is 0.142 e. The van der Waals surface area contributed by atoms with E-state index in [4.69, 9.17) is 21.1 Å². The van der Waals surface area contributed by atoms with Gasteiger partial charge in [-0.05, 0) is 17.7 Å². The van der Waals surface area contributed by atoms with Crippen LogP contribution in [0.2, 0.25) is 5.02 Å². The van der Waals surface area contributed by atoms with Gasteiger partial charge >= 0.3 is 0 Å². The van der Waals surface area contributed by atoms with Gasteiger partial charge in [0, 0.05) is 11.6 Å². The van der Waals surface area contributed by atoms with Gasteiger partial charge in [0.05, 0.1) is 24.1 Å². The summed E-state index contributed by atoms with van der Waals surface area (Å²) in [5.74, 6) is 0.892. The Kier molecular flexibility index (Phi) is 4.89. The highest BCUT2D eigenvalue weighted by atomic mass is 79.9. The van der Waals surface area contributed by atoms with Crippen LogP contribution in [0.1, 0.15) is 16.0 Å². The Labute approximate surface area is 130 Å². The third kappa shape index (κ3) is 2.91. The molecule has 0 bridgehead atoms. The number of alkyl halides is 1. The van der Waals surface area contributed by atoms with Crippen molar-refractivity contribution in [3.05, 3.63) is 58.4 Å². The van der Waals surface area contributed by atoms with Crippen LogP contribution in [0.4, 0.5) is 4.39 Å². The van der Waals surface area contributed by atoms with Crippen LogP contribution in [0.3, 0.4) is 0 Å². The summed E-state index contributed by atoms with van der Waals surface area (Å²) in [5, 5.41) is 0.104. The summed E-state index contributed by atoms with van der Waals surface area (Å²) in [5.41, 5.74) is 1.50. The van der Waals surface area contributed by atoms with Crippen molar-refractivity contribution in [2.24, 2.45) is 0 Å². The molecule has 2 rings (SSSR count). The molecular weight excluding hydrogens is 347 g/mol. The molecule has 0 heterocycles. The molecule has 20 heavy (non-hydrogen) atoms. The number of benzene rings is 2. The molecule has 5 heteroatoms. The highest BCUT2D eigenvalue weighted by molar-refractivity contribution is 9.09. The van der Waals surface area contributed by atoms with E-state index in [9.17, 15) is 4.39 Å². The Hall–Kier alpha value is -1.26. The average molecular weight is 360 g/mol. The van der Waals surface area contributed by atoms with Crippen molar-refractivity contribution in [2.75, 3.05) is 14.2 Å². The van der Waals surface area contributed by atoms with E-state index in [0.717, 1.165) is 5.56 Å². The molecule has 0 saturated carbocycles. The van der Waals surface area contributed by atoms with E-state index >= 15 is 0 Å². The number of methoxy groups -OCH3 is 2. The fraction of sp³-hybridized carbons (Fsp3) is 0.200. The lowest BCUT2D eigenvalue weighted by molar-refractivity contribution is 0.391. The van der Waals surface area contributed by atoms with E-state index in [1.54, 1.807) is 32.4 Å². The SMILES string of the molecule is COc1ccc(C(Br)c2cccc(F)c2Cl)c(OC)c1. The minimum Gasteiger partial charge on any atom is -0.497 e. The van der Waals surface area contributed by atoms with Crippen molar-refractivity contribution in [3.8, 4) is 11.5 Å². The van der Waals surface area contributed by atoms with E-state index in [1.807, 2.05) is 12.1 Å². The standard InChI is InChI=1S/C15H13BrClFO2/c1-19-9-6-7-10(13(8-9)20-2)14(16)11-4-3-5-12(18)15(11)17/h3-8,14H,1-2H3. The van der Waals surface area contributed by atoms with E-state index in [2.05, 4.69) is 15.9 Å². The maximum Gasteiger partial charge on any atom is 0.142 e. The van der Waals surface area contributed by atoms with E-state index < -0.39 is 5.82 Å². The van der Waals surface area contributed by atoms with Gasteiger partial charge in [-0.25, -0.2) is 4.39 Å². The maximum atomic E-state index is 13.6. The van der Waals surface area contributed by atoms with Gasteiger partial charge in [-0.1, -0.05) is 45.7 Å². The molecule has 0 aliphatic rings. The second-order valence-corrected chi connectivity index (χ2v) is 5.41. The molecule has 0 radical (unpaired) electrons. The summed E-state index contributed by atoms with van der Waals surface area (Å²) in [7, 11) is 3.16. The van der Waals surface area contributed by atoms with Gasteiger partial charge in [0.1, 0.15) is 17.3 Å². The zero-order valence-corrected chi connectivity index (χ0v) is 13.3. The molecule has 0 N–H and O–H groups in total. The van der Waals surface area contributed by atoms with Gasteiger partial charge in [-0.15, -0.1) is 0 Å². The first kappa shape index (κ1) is 15.1. The van der Waals surface area contributed by atoms with Crippen LogP contribution >= 0.6 is 27.5 Å². The number of ether oxygens (including phenoxy) is 2. The molecule has 2 aromatic carbocycles. The molecule has 0 spiro atoms. The predicted molar refractivity (Wildman–Crippen MR) is 81.7 cm³/mol. The highest BCUT2D eigenvalue weighted by Gasteiger charge is 2.20. The fourth-order valence-corrected chi connectivity index (χ4v) is 3.04. The summed E-state index contributed by atoms with van der Waals surface area (Å²) >= 11 is 9.57. The zero-order valence-electron chi connectivity index (χ0n) is 11.0. The lowest BCUT2D eigenvalue weighted by Crippen LogP contribution is -1.99. The van der Waals surface area contributed by atoms with E-state index in [0.29, 0.717) is 17.1 Å². The number of hydrogen-bond donors (Lipinski definition) is 0. The fourth-order valence-electron chi connectivity index (χ4n) is 1.91. The molecule has 0 saturated heterocycles. The van der Waals surface area contributed by atoms with Crippen LogP contribution in [-0.2, 0) is 0 Å². The van der Waals surface area contributed by atoms with Crippen molar-refractivity contribution < 1.29 is 13.9 Å². The Morgan fingerprint density at radius 3 is 2.50 bits per heavy atom. The predicted octanol–water partition coefficient (Wildman–Crippen LogP) is 4.98. The van der Waals surface area contributed by atoms with Crippen LogP contribution in [0.5, 0.6) is 11.5 Å². The largest absolute Gasteiger partial charge is 0.497 e. The van der Waals surface area contributed by atoms with Gasteiger partial charge < -0.3 is 9.47 Å². The van der Waals surface area contributed by atoms with Crippen LogP contribution in [0.25, 0.3) is 0 Å². The quantitative estimate of drug-likeness (QED) is 0.717. The number of halogens is 3. The number of rotatable bonds is 4. The van der Waals surface area contributed by atoms with Crippen LogP contribution in [-0.4, -0.2) is 14.2 Å². The summed E-state index contributed by atoms with van der Waals surface area (Å²) in [6.45, 7) is 0. The van der Waals surface area contributed by atoms with E-state index in [1.165, 1.54) is 6.07 Å². The maximum absolute atomic E-state index is 13.6. The van der Waals surface area contributed by atoms with Gasteiger partial charge in [0.15, 0.2) is 0 Å². The first-order valence-corrected chi connectivity index (χ1v) is 7.17. The number of hydrogen-bond acceptors (Lipinski definition) is 2. The van der Waals surface area contributed by atoms with Crippen molar-refractivity contribution in [1.82, 2.24) is 0 Å². The van der Waals surface area contributed by atoms with Crippen molar-refractivity contribution in [1.29, 1.82) is 0 Å². The van der Waals surface area contributed by atoms with Crippen LogP contribution in [0, 0.1) is 5.82 Å². The molecule has 2 aromatic rings. The van der Waals surface area contributed by atoms with Gasteiger partial charge in [-0.2, -0.15) is 0 Å². The molecule has 0 aliphatic carbocycles. The third-order valence-electron chi connectivity index (χ3n) is 2.97. The highest BCUT2D eigenvalue weighted by Crippen LogP contribution is 2.41. The Balaban J connectivity index is 2.47. The Bertz CT molecular complexity index is 619. The summed E-state index contributed by atoms with van der Waals surface area (Å²) in [6, 6.07) is 10.2. The minimum atomic E-state index is -0.443. The van der Waals surface area contributed by atoms with Gasteiger partial charge in [0.25, 0.3) is 0 Å². The second kappa shape index (κ2) is 6.46. The lowest BCUT2D eigenvalue weighted by Gasteiger charge is -2.17. The molecule has 0 aliphatic heterocycles.